The molecule has 0 heterocycles. The summed E-state index contributed by atoms with van der Waals surface area (Å²) in [6.45, 7) is 0.507. The molecule has 1 aliphatic carbocycles. The number of ether oxygens (including phenoxy) is 2. The second kappa shape index (κ2) is 11.6. The van der Waals surface area contributed by atoms with Crippen molar-refractivity contribution >= 4 is 0 Å². The van der Waals surface area contributed by atoms with Crippen molar-refractivity contribution in [3.63, 3.8) is 0 Å². The minimum absolute atomic E-state index is 0. The number of allylic oxidation sites excluding steroid dienone is 5. The van der Waals surface area contributed by atoms with E-state index >= 15 is 0 Å². The first kappa shape index (κ1) is 21.2. The number of benzene rings is 2. The smallest absolute Gasteiger partial charge is 0.579 e. The van der Waals surface area contributed by atoms with Crippen LogP contribution in [0.4, 0.5) is 0 Å². The van der Waals surface area contributed by atoms with Crippen LogP contribution >= 0.6 is 0 Å². The van der Waals surface area contributed by atoms with E-state index in [0.29, 0.717) is 17.9 Å². The van der Waals surface area contributed by atoms with Gasteiger partial charge in [0.1, 0.15) is 12.4 Å². The summed E-state index contributed by atoms with van der Waals surface area (Å²) in [5.74, 6) is 0.873. The van der Waals surface area contributed by atoms with Gasteiger partial charge in [0.05, 0.1) is 5.95 Å². The zero-order chi connectivity index (χ0) is 18.7. The van der Waals surface area contributed by atoms with E-state index in [1.165, 1.54) is 0 Å². The van der Waals surface area contributed by atoms with Gasteiger partial charge >= 0.3 is 17.1 Å². The predicted molar refractivity (Wildman–Crippen MR) is 105 cm³/mol. The van der Waals surface area contributed by atoms with Gasteiger partial charge in [-0.3, -0.25) is 0 Å². The Morgan fingerprint density at radius 1 is 0.786 bits per heavy atom. The van der Waals surface area contributed by atoms with E-state index < -0.39 is 0 Å². The summed E-state index contributed by atoms with van der Waals surface area (Å²) in [6.07, 6.45) is 7.05. The fourth-order valence-electron chi connectivity index (χ4n) is 2.34. The molecule has 0 amide bonds. The molecule has 0 unspecified atom stereocenters. The number of hydrogen-bond donors (Lipinski definition) is 0. The van der Waals surface area contributed by atoms with Crippen molar-refractivity contribution in [3.05, 3.63) is 126 Å². The van der Waals surface area contributed by atoms with Gasteiger partial charge in [0.15, 0.2) is 0 Å². The summed E-state index contributed by atoms with van der Waals surface area (Å²) in [5.41, 5.74) is 1.65. The molecular weight excluding hydrogens is 392 g/mol. The molecule has 0 aliphatic heterocycles. The third-order valence-corrected chi connectivity index (χ3v) is 3.74. The molecule has 0 saturated carbocycles. The molecule has 0 atom stereocenters. The Labute approximate surface area is 176 Å². The number of rotatable bonds is 5. The second-order valence-corrected chi connectivity index (χ2v) is 5.77. The van der Waals surface area contributed by atoms with Gasteiger partial charge in [-0.05, 0) is 35.4 Å². The molecule has 3 aromatic carbocycles. The van der Waals surface area contributed by atoms with Crippen LogP contribution in [0, 0.1) is 0 Å². The molecule has 4 rings (SSSR count). The largest absolute Gasteiger partial charge is 2.00 e. The van der Waals surface area contributed by atoms with E-state index in [2.05, 4.69) is 0 Å². The maximum atomic E-state index is 11.8. The van der Waals surface area contributed by atoms with Crippen molar-refractivity contribution < 1.29 is 31.6 Å². The zero-order valence-corrected chi connectivity index (χ0v) is 16.3. The molecule has 0 N–H and O–H groups in total. The first-order chi connectivity index (χ1) is 13.3. The Morgan fingerprint density at radius 2 is 1.39 bits per heavy atom. The van der Waals surface area contributed by atoms with Gasteiger partial charge in [-0.2, -0.15) is 18.2 Å². The fourth-order valence-corrected chi connectivity index (χ4v) is 2.34. The standard InChI is InChI=1S/C19H16O3.C5H5.Fe/c20-19(16-8-4-5-9-16)22-18-12-10-17(11-13-18)21-14-15-6-2-1-3-7-15;1-2-4-5-3-1;/h1-13,20H,14H2;1-5H;/q;-1;+2/p-1. The van der Waals surface area contributed by atoms with E-state index in [9.17, 15) is 5.11 Å². The summed E-state index contributed by atoms with van der Waals surface area (Å²) in [4.78, 5) is 0. The normalized spacial score (nSPS) is 11.2. The third kappa shape index (κ3) is 6.92. The molecule has 0 radical (unpaired) electrons. The van der Waals surface area contributed by atoms with E-state index in [1.807, 2.05) is 60.7 Å². The summed E-state index contributed by atoms with van der Waals surface area (Å²) >= 11 is 0. The Morgan fingerprint density at radius 3 is 1.96 bits per heavy atom. The van der Waals surface area contributed by atoms with Gasteiger partial charge in [-0.15, -0.1) is 0 Å². The average molecular weight is 412 g/mol. The SMILES string of the molecule is [Fe+2].[O-]C(Oc1ccc(OCc2ccccc2)cc1)=C1C=CC=C1.c1cc[cH-]c1. The maximum Gasteiger partial charge on any atom is 2.00 e. The summed E-state index contributed by atoms with van der Waals surface area (Å²) in [6, 6.07) is 27.0. The van der Waals surface area contributed by atoms with Gasteiger partial charge in [-0.1, -0.05) is 54.6 Å². The topological polar surface area (TPSA) is 41.5 Å². The van der Waals surface area contributed by atoms with Crippen LogP contribution < -0.4 is 14.6 Å². The predicted octanol–water partition coefficient (Wildman–Crippen LogP) is 4.75. The Kier molecular flexibility index (Phi) is 8.80. The van der Waals surface area contributed by atoms with E-state index in [-0.39, 0.29) is 23.0 Å². The van der Waals surface area contributed by atoms with Gasteiger partial charge < -0.3 is 14.6 Å². The molecule has 0 saturated heterocycles. The van der Waals surface area contributed by atoms with Gasteiger partial charge in [-0.25, -0.2) is 12.1 Å². The van der Waals surface area contributed by atoms with Gasteiger partial charge in [0.25, 0.3) is 0 Å². The van der Waals surface area contributed by atoms with Crippen molar-refractivity contribution in [2.24, 2.45) is 0 Å². The fraction of sp³-hybridized carbons (Fsp3) is 0.0417. The molecule has 142 valence electrons. The second-order valence-electron chi connectivity index (χ2n) is 5.77. The molecular formula is C24H20FeO3. The molecule has 28 heavy (non-hydrogen) atoms. The van der Waals surface area contributed by atoms with Crippen molar-refractivity contribution in [3.8, 4) is 11.5 Å². The zero-order valence-electron chi connectivity index (χ0n) is 15.2. The first-order valence-electron chi connectivity index (χ1n) is 8.68. The molecule has 1 aliphatic rings. The third-order valence-electron chi connectivity index (χ3n) is 3.74. The van der Waals surface area contributed by atoms with Crippen LogP contribution in [0.15, 0.2) is 121 Å². The van der Waals surface area contributed by atoms with Crippen LogP contribution in [0.2, 0.25) is 0 Å². The van der Waals surface area contributed by atoms with E-state index in [1.54, 1.807) is 48.6 Å². The van der Waals surface area contributed by atoms with Crippen molar-refractivity contribution in [1.82, 2.24) is 0 Å². The van der Waals surface area contributed by atoms with Crippen molar-refractivity contribution in [1.29, 1.82) is 0 Å². The maximum absolute atomic E-state index is 11.8. The molecule has 3 aromatic rings. The minimum Gasteiger partial charge on any atom is -0.579 e. The van der Waals surface area contributed by atoms with Gasteiger partial charge in [0.2, 0.25) is 0 Å². The van der Waals surface area contributed by atoms with E-state index in [4.69, 9.17) is 9.47 Å². The Hall–Kier alpha value is -3.07. The van der Waals surface area contributed by atoms with Crippen LogP contribution in [-0.2, 0) is 23.7 Å². The molecule has 4 heteroatoms. The van der Waals surface area contributed by atoms with Crippen LogP contribution in [0.1, 0.15) is 5.56 Å². The summed E-state index contributed by atoms with van der Waals surface area (Å²) in [5, 5.41) is 11.8. The van der Waals surface area contributed by atoms with Crippen molar-refractivity contribution in [2.45, 2.75) is 6.61 Å². The molecule has 3 nitrogen and oxygen atoms in total. The van der Waals surface area contributed by atoms with Crippen LogP contribution in [0.3, 0.4) is 0 Å². The molecule has 0 bridgehead atoms. The van der Waals surface area contributed by atoms with Crippen LogP contribution in [0.5, 0.6) is 11.5 Å². The average Bonchev–Trinajstić information content (AvgIpc) is 3.44. The quantitative estimate of drug-likeness (QED) is 0.345. The Balaban J connectivity index is 0.000000408. The molecule has 0 spiro atoms. The summed E-state index contributed by atoms with van der Waals surface area (Å²) < 4.78 is 11.0. The minimum atomic E-state index is -0.358. The monoisotopic (exact) mass is 412 g/mol. The van der Waals surface area contributed by atoms with Crippen molar-refractivity contribution in [2.75, 3.05) is 0 Å². The van der Waals surface area contributed by atoms with E-state index in [0.717, 1.165) is 11.3 Å². The van der Waals surface area contributed by atoms with Gasteiger partial charge in [0, 0.05) is 5.75 Å². The Bertz CT molecular complexity index is 862. The number of hydrogen-bond acceptors (Lipinski definition) is 3. The van der Waals surface area contributed by atoms with Crippen LogP contribution in [-0.4, -0.2) is 0 Å². The molecule has 0 aromatic heterocycles. The molecule has 0 fully saturated rings. The van der Waals surface area contributed by atoms with Crippen LogP contribution in [0.25, 0.3) is 0 Å². The summed E-state index contributed by atoms with van der Waals surface area (Å²) in [7, 11) is 0. The first-order valence-corrected chi connectivity index (χ1v) is 8.68.